The number of hydrogen-bond acceptors (Lipinski definition) is 3. The van der Waals surface area contributed by atoms with Crippen molar-refractivity contribution in [3.8, 4) is 0 Å². The summed E-state index contributed by atoms with van der Waals surface area (Å²) in [7, 11) is 0. The van der Waals surface area contributed by atoms with E-state index < -0.39 is 0 Å². The number of aldehydes is 1. The van der Waals surface area contributed by atoms with Crippen LogP contribution in [0.1, 0.15) is 21.7 Å². The minimum atomic E-state index is 0.551. The molecule has 0 unspecified atom stereocenters. The number of carbonyl (C=O) groups excluding carboxylic acids is 1. The SMILES string of the molecule is O=Cc1cccn2nc(Cc3cccc(Br)c3)nc12. The second kappa shape index (κ2) is 4.93. The molecular weight excluding hydrogens is 306 g/mol. The highest BCUT2D eigenvalue weighted by atomic mass is 79.9. The van der Waals surface area contributed by atoms with Crippen molar-refractivity contribution in [3.63, 3.8) is 0 Å². The molecule has 5 heteroatoms. The Morgan fingerprint density at radius 1 is 1.26 bits per heavy atom. The smallest absolute Gasteiger partial charge is 0.166 e. The summed E-state index contributed by atoms with van der Waals surface area (Å²) in [6, 6.07) is 11.5. The maximum atomic E-state index is 10.9. The first-order chi connectivity index (χ1) is 9.26. The van der Waals surface area contributed by atoms with E-state index >= 15 is 0 Å². The second-order valence-electron chi connectivity index (χ2n) is 4.18. The molecule has 0 aliphatic carbocycles. The van der Waals surface area contributed by atoms with Gasteiger partial charge in [-0.25, -0.2) is 9.50 Å². The Kier molecular flexibility index (Phi) is 3.13. The predicted molar refractivity (Wildman–Crippen MR) is 75.3 cm³/mol. The zero-order chi connectivity index (χ0) is 13.2. The average molecular weight is 316 g/mol. The highest BCUT2D eigenvalue weighted by Gasteiger charge is 2.08. The van der Waals surface area contributed by atoms with Crippen LogP contribution < -0.4 is 0 Å². The van der Waals surface area contributed by atoms with Gasteiger partial charge < -0.3 is 0 Å². The molecule has 0 bridgehead atoms. The fourth-order valence-corrected chi connectivity index (χ4v) is 2.41. The molecule has 0 radical (unpaired) electrons. The molecule has 0 fully saturated rings. The van der Waals surface area contributed by atoms with Gasteiger partial charge in [0.2, 0.25) is 0 Å². The van der Waals surface area contributed by atoms with Gasteiger partial charge in [-0.3, -0.25) is 4.79 Å². The number of carbonyl (C=O) groups is 1. The highest BCUT2D eigenvalue weighted by Crippen LogP contribution is 2.15. The Labute approximate surface area is 118 Å². The molecule has 0 N–H and O–H groups in total. The lowest BCUT2D eigenvalue weighted by atomic mass is 10.1. The third-order valence-electron chi connectivity index (χ3n) is 2.81. The van der Waals surface area contributed by atoms with Crippen molar-refractivity contribution in [1.29, 1.82) is 0 Å². The topological polar surface area (TPSA) is 47.3 Å². The summed E-state index contributed by atoms with van der Waals surface area (Å²) in [5.41, 5.74) is 2.27. The summed E-state index contributed by atoms with van der Waals surface area (Å²) in [5.74, 6) is 0.701. The van der Waals surface area contributed by atoms with Gasteiger partial charge in [0.25, 0.3) is 0 Å². The van der Waals surface area contributed by atoms with Crippen molar-refractivity contribution in [3.05, 3.63) is 64.0 Å². The van der Waals surface area contributed by atoms with Gasteiger partial charge in [-0.15, -0.1) is 0 Å². The van der Waals surface area contributed by atoms with Crippen molar-refractivity contribution in [2.24, 2.45) is 0 Å². The van der Waals surface area contributed by atoms with Crippen molar-refractivity contribution in [2.45, 2.75) is 6.42 Å². The lowest BCUT2D eigenvalue weighted by Crippen LogP contribution is -1.92. The highest BCUT2D eigenvalue weighted by molar-refractivity contribution is 9.10. The minimum absolute atomic E-state index is 0.551. The first-order valence-electron chi connectivity index (χ1n) is 5.80. The number of hydrogen-bond donors (Lipinski definition) is 0. The van der Waals surface area contributed by atoms with Crippen molar-refractivity contribution in [2.75, 3.05) is 0 Å². The third-order valence-corrected chi connectivity index (χ3v) is 3.31. The van der Waals surface area contributed by atoms with Gasteiger partial charge in [-0.1, -0.05) is 28.1 Å². The fraction of sp³-hybridized carbons (Fsp3) is 0.0714. The summed E-state index contributed by atoms with van der Waals surface area (Å²) in [6.45, 7) is 0. The van der Waals surface area contributed by atoms with Gasteiger partial charge in [-0.05, 0) is 29.8 Å². The maximum absolute atomic E-state index is 10.9. The Morgan fingerprint density at radius 3 is 2.95 bits per heavy atom. The van der Waals surface area contributed by atoms with Crippen LogP contribution in [0, 0.1) is 0 Å². The molecule has 2 heterocycles. The molecular formula is C14H10BrN3O. The van der Waals surface area contributed by atoms with Crippen LogP contribution in [0.15, 0.2) is 47.1 Å². The zero-order valence-electron chi connectivity index (χ0n) is 9.95. The average Bonchev–Trinajstić information content (AvgIpc) is 2.80. The Morgan fingerprint density at radius 2 is 2.16 bits per heavy atom. The molecule has 0 atom stereocenters. The molecule has 2 aromatic heterocycles. The van der Waals surface area contributed by atoms with E-state index in [1.807, 2.05) is 24.3 Å². The van der Waals surface area contributed by atoms with Crippen molar-refractivity contribution in [1.82, 2.24) is 14.6 Å². The quantitative estimate of drug-likeness (QED) is 0.698. The molecule has 0 spiro atoms. The molecule has 0 saturated carbocycles. The van der Waals surface area contributed by atoms with Gasteiger partial charge in [0.05, 0.1) is 5.56 Å². The van der Waals surface area contributed by atoms with E-state index in [0.29, 0.717) is 23.5 Å². The van der Waals surface area contributed by atoms with Crippen LogP contribution in [0.2, 0.25) is 0 Å². The molecule has 0 aliphatic heterocycles. The van der Waals surface area contributed by atoms with Crippen LogP contribution >= 0.6 is 15.9 Å². The van der Waals surface area contributed by atoms with Crippen molar-refractivity contribution < 1.29 is 4.79 Å². The van der Waals surface area contributed by atoms with Crippen LogP contribution in [0.3, 0.4) is 0 Å². The van der Waals surface area contributed by atoms with E-state index in [0.717, 1.165) is 16.3 Å². The first-order valence-corrected chi connectivity index (χ1v) is 6.59. The van der Waals surface area contributed by atoms with E-state index in [4.69, 9.17) is 0 Å². The summed E-state index contributed by atoms with van der Waals surface area (Å²) in [6.07, 6.45) is 3.23. The predicted octanol–water partition coefficient (Wildman–Crippen LogP) is 2.90. The Bertz CT molecular complexity index is 751. The number of halogens is 1. The molecule has 19 heavy (non-hydrogen) atoms. The number of nitrogens with zero attached hydrogens (tertiary/aromatic N) is 3. The van der Waals surface area contributed by atoms with Crippen molar-refractivity contribution >= 4 is 27.9 Å². The summed E-state index contributed by atoms with van der Waals surface area (Å²) < 4.78 is 2.67. The molecule has 94 valence electrons. The van der Waals surface area contributed by atoms with E-state index in [9.17, 15) is 4.79 Å². The van der Waals surface area contributed by atoms with E-state index in [1.54, 1.807) is 22.8 Å². The van der Waals surface area contributed by atoms with Crippen LogP contribution in [-0.2, 0) is 6.42 Å². The molecule has 3 aromatic rings. The fourth-order valence-electron chi connectivity index (χ4n) is 1.97. The molecule has 4 nitrogen and oxygen atoms in total. The lowest BCUT2D eigenvalue weighted by Gasteiger charge is -1.97. The summed E-state index contributed by atoms with van der Waals surface area (Å²) in [5, 5.41) is 4.38. The molecule has 0 aliphatic rings. The third kappa shape index (κ3) is 2.42. The standard InChI is InChI=1S/C14H10BrN3O/c15-12-5-1-3-10(7-12)8-13-16-14-11(9-19)4-2-6-18(14)17-13/h1-7,9H,8H2. The number of fused-ring (bicyclic) bond motifs is 1. The van der Waals surface area contributed by atoms with Gasteiger partial charge in [0.1, 0.15) is 0 Å². The number of benzene rings is 1. The monoisotopic (exact) mass is 315 g/mol. The Balaban J connectivity index is 2.00. The largest absolute Gasteiger partial charge is 0.298 e. The van der Waals surface area contributed by atoms with Crippen LogP contribution in [0.25, 0.3) is 5.65 Å². The summed E-state index contributed by atoms with van der Waals surface area (Å²) >= 11 is 3.44. The van der Waals surface area contributed by atoms with Crippen LogP contribution in [-0.4, -0.2) is 20.9 Å². The van der Waals surface area contributed by atoms with Crippen LogP contribution in [0.4, 0.5) is 0 Å². The normalized spacial score (nSPS) is 10.8. The van der Waals surface area contributed by atoms with E-state index in [-0.39, 0.29) is 0 Å². The summed E-state index contributed by atoms with van der Waals surface area (Å²) in [4.78, 5) is 15.4. The Hall–Kier alpha value is -2.01. The number of rotatable bonds is 3. The van der Waals surface area contributed by atoms with E-state index in [1.165, 1.54) is 0 Å². The van der Waals surface area contributed by atoms with Crippen LogP contribution in [0.5, 0.6) is 0 Å². The zero-order valence-corrected chi connectivity index (χ0v) is 11.5. The van der Waals surface area contributed by atoms with Gasteiger partial charge in [0.15, 0.2) is 17.8 Å². The number of aromatic nitrogens is 3. The molecule has 1 aromatic carbocycles. The maximum Gasteiger partial charge on any atom is 0.166 e. The number of pyridine rings is 1. The van der Waals surface area contributed by atoms with Gasteiger partial charge in [0, 0.05) is 17.1 Å². The lowest BCUT2D eigenvalue weighted by molar-refractivity contribution is 0.112. The first kappa shape index (κ1) is 12.0. The molecule has 0 saturated heterocycles. The van der Waals surface area contributed by atoms with Gasteiger partial charge in [-0.2, -0.15) is 5.10 Å². The van der Waals surface area contributed by atoms with E-state index in [2.05, 4.69) is 26.0 Å². The minimum Gasteiger partial charge on any atom is -0.298 e. The second-order valence-corrected chi connectivity index (χ2v) is 5.10. The molecule has 3 rings (SSSR count). The molecule has 0 amide bonds. The van der Waals surface area contributed by atoms with Gasteiger partial charge >= 0.3 is 0 Å².